The number of aryl methyl sites for hydroxylation is 1. The maximum absolute atomic E-state index is 13.1. The Morgan fingerprint density at radius 2 is 1.83 bits per heavy atom. The summed E-state index contributed by atoms with van der Waals surface area (Å²) in [5, 5.41) is 5.73. The molecule has 2 aromatic carbocycles. The number of carbonyl (C=O) groups is 4. The number of nitrogens with one attached hydrogen (secondary N) is 2. The van der Waals surface area contributed by atoms with Crippen molar-refractivity contribution >= 4 is 40.7 Å². The van der Waals surface area contributed by atoms with Gasteiger partial charge in [0.05, 0.1) is 5.69 Å². The van der Waals surface area contributed by atoms with Gasteiger partial charge in [-0.15, -0.1) is 0 Å². The van der Waals surface area contributed by atoms with Crippen LogP contribution in [0.1, 0.15) is 42.1 Å². The van der Waals surface area contributed by atoms with Gasteiger partial charge in [0.15, 0.2) is 11.9 Å². The van der Waals surface area contributed by atoms with Crippen LogP contribution in [0.5, 0.6) is 5.75 Å². The Morgan fingerprint density at radius 3 is 2.60 bits per heavy atom. The molecule has 0 aliphatic carbocycles. The quantitative estimate of drug-likeness (QED) is 0.660. The van der Waals surface area contributed by atoms with Crippen LogP contribution in [0.15, 0.2) is 36.4 Å². The van der Waals surface area contributed by atoms with Crippen molar-refractivity contribution in [3.63, 3.8) is 0 Å². The minimum Gasteiger partial charge on any atom is -0.479 e. The highest BCUT2D eigenvalue weighted by atomic mass is 16.5. The Hall–Kier alpha value is -3.88. The van der Waals surface area contributed by atoms with Gasteiger partial charge >= 0.3 is 6.03 Å². The Bertz CT molecular complexity index is 1220. The van der Waals surface area contributed by atoms with Gasteiger partial charge in [-0.2, -0.15) is 0 Å². The van der Waals surface area contributed by atoms with Crippen LogP contribution in [0.3, 0.4) is 0 Å². The summed E-state index contributed by atoms with van der Waals surface area (Å²) in [7, 11) is 1.76. The molecule has 3 aliphatic rings. The van der Waals surface area contributed by atoms with E-state index in [1.54, 1.807) is 48.0 Å². The molecule has 1 saturated heterocycles. The number of ether oxygens (including phenoxy) is 1. The predicted octanol–water partition coefficient (Wildman–Crippen LogP) is 3.44. The molecule has 3 heterocycles. The van der Waals surface area contributed by atoms with E-state index in [-0.39, 0.29) is 29.5 Å². The summed E-state index contributed by atoms with van der Waals surface area (Å²) in [5.41, 5.74) is 3.65. The Morgan fingerprint density at radius 1 is 1.06 bits per heavy atom. The molecule has 3 aliphatic heterocycles. The number of benzene rings is 2. The molecule has 9 heteroatoms. The van der Waals surface area contributed by atoms with Gasteiger partial charge in [0.1, 0.15) is 5.75 Å². The molecule has 5 rings (SSSR count). The molecule has 0 bridgehead atoms. The molecule has 35 heavy (non-hydrogen) atoms. The van der Waals surface area contributed by atoms with Gasteiger partial charge in [0.2, 0.25) is 5.91 Å². The fraction of sp³-hybridized carbons (Fsp3) is 0.385. The maximum Gasteiger partial charge on any atom is 0.321 e. The van der Waals surface area contributed by atoms with Crippen LogP contribution in [-0.2, 0) is 16.0 Å². The molecule has 182 valence electrons. The number of likely N-dealkylation sites (tertiary alicyclic amines) is 1. The number of ketones is 1. The number of Topliss-reactive ketones (excluding diaryl/α,β-unsaturated/α-hetero) is 1. The lowest BCUT2D eigenvalue weighted by atomic mass is 9.88. The summed E-state index contributed by atoms with van der Waals surface area (Å²) in [6.45, 7) is 2.63. The van der Waals surface area contributed by atoms with Gasteiger partial charge in [0, 0.05) is 49.4 Å². The Kier molecular flexibility index (Phi) is 5.92. The zero-order chi connectivity index (χ0) is 24.7. The van der Waals surface area contributed by atoms with E-state index in [1.807, 2.05) is 12.1 Å². The second kappa shape index (κ2) is 9.05. The first-order valence-electron chi connectivity index (χ1n) is 11.9. The monoisotopic (exact) mass is 476 g/mol. The zero-order valence-electron chi connectivity index (χ0n) is 19.8. The van der Waals surface area contributed by atoms with Gasteiger partial charge in [-0.25, -0.2) is 4.79 Å². The summed E-state index contributed by atoms with van der Waals surface area (Å²) < 4.78 is 5.56. The Labute approximate surface area is 203 Å². The van der Waals surface area contributed by atoms with Crippen molar-refractivity contribution in [1.29, 1.82) is 0 Å². The SMILES string of the molecule is CC1Oc2ccc(C(=O)C3CCN(C(=O)Nc4ccc5c(c4)CCC(=O)N5C)CC3)cc2NC1=O. The number of carbonyl (C=O) groups excluding carboxylic acids is 4. The summed E-state index contributed by atoms with van der Waals surface area (Å²) in [5.74, 6) is 0.235. The molecule has 0 radical (unpaired) electrons. The first kappa shape index (κ1) is 22.9. The molecule has 0 saturated carbocycles. The van der Waals surface area contributed by atoms with E-state index in [0.717, 1.165) is 11.3 Å². The lowest BCUT2D eigenvalue weighted by Crippen LogP contribution is -2.42. The normalized spacial score (nSPS) is 19.9. The van der Waals surface area contributed by atoms with Crippen molar-refractivity contribution in [2.24, 2.45) is 5.92 Å². The van der Waals surface area contributed by atoms with Crippen LogP contribution in [0.2, 0.25) is 0 Å². The molecular weight excluding hydrogens is 448 g/mol. The van der Waals surface area contributed by atoms with Crippen molar-refractivity contribution in [2.75, 3.05) is 35.7 Å². The molecule has 1 fully saturated rings. The highest BCUT2D eigenvalue weighted by Crippen LogP contribution is 2.33. The highest BCUT2D eigenvalue weighted by molar-refractivity contribution is 6.02. The fourth-order valence-electron chi connectivity index (χ4n) is 4.88. The molecular formula is C26H28N4O5. The number of piperidine rings is 1. The summed E-state index contributed by atoms with van der Waals surface area (Å²) in [6, 6.07) is 10.5. The van der Waals surface area contributed by atoms with Crippen LogP contribution in [0, 0.1) is 5.92 Å². The third-order valence-corrected chi connectivity index (χ3v) is 7.02. The first-order chi connectivity index (χ1) is 16.8. The standard InChI is InChI=1S/C26H28N4O5/c1-15-25(33)28-20-14-18(3-7-22(20)35-15)24(32)16-9-11-30(12-10-16)26(34)27-19-5-6-21-17(13-19)4-8-23(31)29(21)2/h3,5-7,13-16H,4,8-12H2,1-2H3,(H,27,34)(H,28,33). The summed E-state index contributed by atoms with van der Waals surface area (Å²) >= 11 is 0. The molecule has 1 atom stereocenters. The molecule has 0 aromatic heterocycles. The molecule has 4 amide bonds. The molecule has 1 unspecified atom stereocenters. The zero-order valence-corrected chi connectivity index (χ0v) is 19.8. The van der Waals surface area contributed by atoms with Crippen LogP contribution in [-0.4, -0.2) is 54.8 Å². The fourth-order valence-corrected chi connectivity index (χ4v) is 4.88. The molecule has 9 nitrogen and oxygen atoms in total. The van der Waals surface area contributed by atoms with Crippen LogP contribution in [0.4, 0.5) is 21.9 Å². The topological polar surface area (TPSA) is 108 Å². The first-order valence-corrected chi connectivity index (χ1v) is 11.9. The Balaban J connectivity index is 1.18. The maximum atomic E-state index is 13.1. The third-order valence-electron chi connectivity index (χ3n) is 7.02. The minimum atomic E-state index is -0.564. The second-order valence-corrected chi connectivity index (χ2v) is 9.31. The van der Waals surface area contributed by atoms with Gasteiger partial charge in [-0.05, 0) is 68.1 Å². The predicted molar refractivity (Wildman–Crippen MR) is 131 cm³/mol. The van der Waals surface area contributed by atoms with E-state index in [1.165, 1.54) is 0 Å². The number of nitrogens with zero attached hydrogens (tertiary/aromatic N) is 2. The van der Waals surface area contributed by atoms with Crippen molar-refractivity contribution in [1.82, 2.24) is 4.90 Å². The average molecular weight is 477 g/mol. The number of rotatable bonds is 3. The number of amides is 4. The van der Waals surface area contributed by atoms with Crippen LogP contribution in [0.25, 0.3) is 0 Å². The highest BCUT2D eigenvalue weighted by Gasteiger charge is 2.30. The average Bonchev–Trinajstić information content (AvgIpc) is 2.86. The molecule has 2 N–H and O–H groups in total. The number of urea groups is 1. The summed E-state index contributed by atoms with van der Waals surface area (Å²) in [6.07, 6.45) is 1.70. The van der Waals surface area contributed by atoms with Gasteiger partial charge < -0.3 is 25.2 Å². The van der Waals surface area contributed by atoms with Gasteiger partial charge in [-0.3, -0.25) is 14.4 Å². The number of fused-ring (bicyclic) bond motifs is 2. The molecule has 0 spiro atoms. The third kappa shape index (κ3) is 4.45. The van der Waals surface area contributed by atoms with E-state index >= 15 is 0 Å². The van der Waals surface area contributed by atoms with Crippen LogP contribution >= 0.6 is 0 Å². The van der Waals surface area contributed by atoms with Gasteiger partial charge in [0.25, 0.3) is 5.91 Å². The van der Waals surface area contributed by atoms with E-state index in [4.69, 9.17) is 4.74 Å². The number of hydrogen-bond acceptors (Lipinski definition) is 5. The second-order valence-electron chi connectivity index (χ2n) is 9.31. The van der Waals surface area contributed by atoms with E-state index in [0.29, 0.717) is 61.5 Å². The van der Waals surface area contributed by atoms with Crippen molar-refractivity contribution < 1.29 is 23.9 Å². The van der Waals surface area contributed by atoms with E-state index in [9.17, 15) is 19.2 Å². The van der Waals surface area contributed by atoms with E-state index < -0.39 is 6.10 Å². The lowest BCUT2D eigenvalue weighted by molar-refractivity contribution is -0.122. The van der Waals surface area contributed by atoms with Gasteiger partial charge in [-0.1, -0.05) is 0 Å². The largest absolute Gasteiger partial charge is 0.479 e. The lowest BCUT2D eigenvalue weighted by Gasteiger charge is -2.32. The van der Waals surface area contributed by atoms with Crippen molar-refractivity contribution in [3.05, 3.63) is 47.5 Å². The number of anilines is 3. The number of hydrogen-bond donors (Lipinski definition) is 2. The smallest absolute Gasteiger partial charge is 0.321 e. The van der Waals surface area contributed by atoms with E-state index in [2.05, 4.69) is 10.6 Å². The minimum absolute atomic E-state index is 0.00841. The summed E-state index contributed by atoms with van der Waals surface area (Å²) in [4.78, 5) is 53.1. The van der Waals surface area contributed by atoms with Crippen molar-refractivity contribution in [2.45, 2.75) is 38.7 Å². The van der Waals surface area contributed by atoms with Crippen molar-refractivity contribution in [3.8, 4) is 5.75 Å². The molecule has 2 aromatic rings. The van der Waals surface area contributed by atoms with Crippen LogP contribution < -0.4 is 20.3 Å².